The summed E-state index contributed by atoms with van der Waals surface area (Å²) < 4.78 is 1.13. The molecule has 33 heavy (non-hydrogen) atoms. The number of carbonyl (C=O) groups excluding carboxylic acids is 1. The Labute approximate surface area is 194 Å². The van der Waals surface area contributed by atoms with Gasteiger partial charge in [-0.15, -0.1) is 5.10 Å². The monoisotopic (exact) mass is 461 g/mol. The molecule has 1 heterocycles. The van der Waals surface area contributed by atoms with Crippen LogP contribution < -0.4 is 5.56 Å². The van der Waals surface area contributed by atoms with Crippen molar-refractivity contribution in [3.05, 3.63) is 93.7 Å². The average Bonchev–Trinajstić information content (AvgIpc) is 2.83. The molecule has 1 N–H and O–H groups in total. The molecule has 0 aliphatic carbocycles. The molecule has 3 aromatic carbocycles. The first-order valence-electron chi connectivity index (χ1n) is 10.4. The first-order chi connectivity index (χ1) is 15.9. The minimum atomic E-state index is -1.11. The summed E-state index contributed by atoms with van der Waals surface area (Å²) in [5.74, 6) is -2.43. The Balaban J connectivity index is 1.48. The summed E-state index contributed by atoms with van der Waals surface area (Å²) in [7, 11) is 0. The van der Waals surface area contributed by atoms with Crippen molar-refractivity contribution in [2.24, 2.45) is 5.92 Å². The number of hydrogen-bond acceptors (Lipinski definition) is 5. The number of benzene rings is 3. The molecule has 0 aliphatic rings. The molecule has 0 radical (unpaired) electrons. The smallest absolute Gasteiger partial charge is 0.307 e. The van der Waals surface area contributed by atoms with E-state index in [-0.39, 0.29) is 30.7 Å². The summed E-state index contributed by atoms with van der Waals surface area (Å²) in [6.45, 7) is 0.0363. The van der Waals surface area contributed by atoms with E-state index in [1.54, 1.807) is 42.5 Å². The molecule has 7 nitrogen and oxygen atoms in total. The third-order valence-electron chi connectivity index (χ3n) is 5.48. The zero-order chi connectivity index (χ0) is 23.4. The van der Waals surface area contributed by atoms with E-state index >= 15 is 0 Å². The SMILES string of the molecule is O=C(CC(CCn1nnc2ccccc2c1=O)C(=O)O)c1ccc(-c2ccccc2)c(Cl)c1. The van der Waals surface area contributed by atoms with Crippen molar-refractivity contribution in [1.29, 1.82) is 0 Å². The van der Waals surface area contributed by atoms with Gasteiger partial charge in [-0.2, -0.15) is 0 Å². The molecule has 0 saturated carbocycles. The van der Waals surface area contributed by atoms with E-state index in [9.17, 15) is 19.5 Å². The fourth-order valence-electron chi connectivity index (χ4n) is 3.64. The lowest BCUT2D eigenvalue weighted by atomic mass is 9.94. The van der Waals surface area contributed by atoms with Crippen LogP contribution in [0.3, 0.4) is 0 Å². The molecule has 0 amide bonds. The topological polar surface area (TPSA) is 102 Å². The van der Waals surface area contributed by atoms with E-state index in [0.29, 0.717) is 21.5 Å². The van der Waals surface area contributed by atoms with Gasteiger partial charge in [0, 0.05) is 29.1 Å². The van der Waals surface area contributed by atoms with Gasteiger partial charge in [-0.25, -0.2) is 4.68 Å². The number of ketones is 1. The minimum absolute atomic E-state index is 0.0363. The zero-order valence-electron chi connectivity index (χ0n) is 17.5. The number of rotatable bonds is 8. The number of aryl methyl sites for hydroxylation is 1. The molecule has 1 unspecified atom stereocenters. The molecule has 0 fully saturated rings. The number of nitrogens with zero attached hydrogens (tertiary/aromatic N) is 3. The standard InChI is InChI=1S/C25H20ClN3O4/c26-21-14-17(10-11-19(21)16-6-2-1-3-7-16)23(30)15-18(25(32)33)12-13-29-24(31)20-8-4-5-9-22(20)27-28-29/h1-11,14,18H,12-13,15H2,(H,32,33). The maximum atomic E-state index is 12.8. The molecule has 166 valence electrons. The molecule has 8 heteroatoms. The number of carbonyl (C=O) groups is 2. The molecule has 4 aromatic rings. The van der Waals surface area contributed by atoms with Gasteiger partial charge in [-0.05, 0) is 30.2 Å². The van der Waals surface area contributed by atoms with Crippen LogP contribution in [0.5, 0.6) is 0 Å². The number of carboxylic acids is 1. The number of carboxylic acid groups (broad SMARTS) is 1. The van der Waals surface area contributed by atoms with Gasteiger partial charge in [-0.3, -0.25) is 14.4 Å². The van der Waals surface area contributed by atoms with Crippen molar-refractivity contribution >= 4 is 34.3 Å². The van der Waals surface area contributed by atoms with Crippen LogP contribution in [0, 0.1) is 5.92 Å². The van der Waals surface area contributed by atoms with Gasteiger partial charge in [-0.1, -0.05) is 71.4 Å². The molecule has 0 spiro atoms. The molecule has 1 atom stereocenters. The van der Waals surface area contributed by atoms with Crippen LogP contribution in [0.1, 0.15) is 23.2 Å². The van der Waals surface area contributed by atoms with Crippen LogP contribution in [-0.2, 0) is 11.3 Å². The van der Waals surface area contributed by atoms with Crippen LogP contribution in [0.25, 0.3) is 22.0 Å². The number of hydrogen-bond donors (Lipinski definition) is 1. The van der Waals surface area contributed by atoms with E-state index in [4.69, 9.17) is 11.6 Å². The van der Waals surface area contributed by atoms with Gasteiger partial charge in [0.05, 0.1) is 11.3 Å². The van der Waals surface area contributed by atoms with E-state index in [1.165, 1.54) is 0 Å². The number of Topliss-reactive ketones (excluding diaryl/α,β-unsaturated/α-hetero) is 1. The molecule has 4 rings (SSSR count). The van der Waals surface area contributed by atoms with Crippen LogP contribution in [0.15, 0.2) is 77.6 Å². The lowest BCUT2D eigenvalue weighted by Crippen LogP contribution is -2.27. The maximum absolute atomic E-state index is 12.8. The lowest BCUT2D eigenvalue weighted by molar-refractivity contribution is -0.142. The quantitative estimate of drug-likeness (QED) is 0.388. The van der Waals surface area contributed by atoms with Crippen LogP contribution in [0.2, 0.25) is 5.02 Å². The van der Waals surface area contributed by atoms with Crippen LogP contribution in [0.4, 0.5) is 0 Å². The Kier molecular flexibility index (Phi) is 6.60. The van der Waals surface area contributed by atoms with E-state index < -0.39 is 11.9 Å². The first kappa shape index (κ1) is 22.4. The second-order valence-electron chi connectivity index (χ2n) is 7.65. The Hall–Kier alpha value is -3.84. The van der Waals surface area contributed by atoms with Crippen molar-refractivity contribution in [2.75, 3.05) is 0 Å². The van der Waals surface area contributed by atoms with Gasteiger partial charge >= 0.3 is 5.97 Å². The van der Waals surface area contributed by atoms with Crippen LogP contribution >= 0.6 is 11.6 Å². The van der Waals surface area contributed by atoms with Gasteiger partial charge in [0.25, 0.3) is 5.56 Å². The number of fused-ring (bicyclic) bond motifs is 1. The number of aliphatic carboxylic acids is 1. The van der Waals surface area contributed by atoms with Crippen molar-refractivity contribution in [3.63, 3.8) is 0 Å². The number of halogens is 1. The molecule has 1 aromatic heterocycles. The van der Waals surface area contributed by atoms with Gasteiger partial charge in [0.2, 0.25) is 0 Å². The lowest BCUT2D eigenvalue weighted by Gasteiger charge is -2.13. The molecule has 0 aliphatic heterocycles. The normalized spacial score (nSPS) is 11.9. The van der Waals surface area contributed by atoms with E-state index in [2.05, 4.69) is 10.3 Å². The Morgan fingerprint density at radius 3 is 2.45 bits per heavy atom. The zero-order valence-corrected chi connectivity index (χ0v) is 18.3. The molecule has 0 bridgehead atoms. The summed E-state index contributed by atoms with van der Waals surface area (Å²) in [5.41, 5.74) is 2.18. The van der Waals surface area contributed by atoms with E-state index in [0.717, 1.165) is 15.8 Å². The van der Waals surface area contributed by atoms with E-state index in [1.807, 2.05) is 30.3 Å². The predicted octanol–water partition coefficient (Wildman–Crippen LogP) is 4.48. The number of aromatic nitrogens is 3. The summed E-state index contributed by atoms with van der Waals surface area (Å²) in [4.78, 5) is 37.2. The third-order valence-corrected chi connectivity index (χ3v) is 5.79. The summed E-state index contributed by atoms with van der Waals surface area (Å²) in [6.07, 6.45) is -0.157. The highest BCUT2D eigenvalue weighted by Gasteiger charge is 2.23. The summed E-state index contributed by atoms with van der Waals surface area (Å²) in [5, 5.41) is 18.3. The highest BCUT2D eigenvalue weighted by molar-refractivity contribution is 6.33. The molecular formula is C25H20ClN3O4. The van der Waals surface area contributed by atoms with Crippen LogP contribution in [-0.4, -0.2) is 31.9 Å². The third kappa shape index (κ3) is 4.99. The second kappa shape index (κ2) is 9.75. The maximum Gasteiger partial charge on any atom is 0.307 e. The fraction of sp³-hybridized carbons (Fsp3) is 0.160. The van der Waals surface area contributed by atoms with Gasteiger partial charge < -0.3 is 5.11 Å². The van der Waals surface area contributed by atoms with Gasteiger partial charge in [0.15, 0.2) is 5.78 Å². The van der Waals surface area contributed by atoms with Crippen molar-refractivity contribution in [2.45, 2.75) is 19.4 Å². The van der Waals surface area contributed by atoms with Crippen molar-refractivity contribution in [1.82, 2.24) is 15.0 Å². The van der Waals surface area contributed by atoms with Gasteiger partial charge in [0.1, 0.15) is 5.52 Å². The largest absolute Gasteiger partial charge is 0.481 e. The van der Waals surface area contributed by atoms with Crippen molar-refractivity contribution in [3.8, 4) is 11.1 Å². The first-order valence-corrected chi connectivity index (χ1v) is 10.8. The summed E-state index contributed by atoms with van der Waals surface area (Å²) in [6, 6.07) is 21.3. The van der Waals surface area contributed by atoms with Crippen molar-refractivity contribution < 1.29 is 14.7 Å². The Bertz CT molecular complexity index is 1390. The molecular weight excluding hydrogens is 442 g/mol. The Morgan fingerprint density at radius 2 is 1.73 bits per heavy atom. The fourth-order valence-corrected chi connectivity index (χ4v) is 3.93. The average molecular weight is 462 g/mol. The highest BCUT2D eigenvalue weighted by atomic mass is 35.5. The summed E-state index contributed by atoms with van der Waals surface area (Å²) >= 11 is 6.39. The Morgan fingerprint density at radius 1 is 1.00 bits per heavy atom. The predicted molar refractivity (Wildman–Crippen MR) is 125 cm³/mol. The molecule has 0 saturated heterocycles. The minimum Gasteiger partial charge on any atom is -0.481 e. The second-order valence-corrected chi connectivity index (χ2v) is 8.05. The highest BCUT2D eigenvalue weighted by Crippen LogP contribution is 2.29.